The van der Waals surface area contributed by atoms with Gasteiger partial charge in [0.1, 0.15) is 5.57 Å². The van der Waals surface area contributed by atoms with E-state index in [1.165, 1.54) is 6.92 Å². The van der Waals surface area contributed by atoms with E-state index in [1.807, 2.05) is 44.7 Å². The molecule has 0 N–H and O–H groups in total. The molecule has 46 heavy (non-hydrogen) atoms. The molecular formula is C36H40BF2N3O4. The first kappa shape index (κ1) is 32.7. The summed E-state index contributed by atoms with van der Waals surface area (Å²) < 4.78 is 47.8. The van der Waals surface area contributed by atoms with Gasteiger partial charge in [-0.2, -0.15) is 0 Å². The van der Waals surface area contributed by atoms with E-state index in [2.05, 4.69) is 0 Å². The monoisotopic (exact) mass is 627 g/mol. The molecule has 0 fully saturated rings. The Morgan fingerprint density at radius 3 is 1.98 bits per heavy atom. The van der Waals surface area contributed by atoms with E-state index in [0.717, 1.165) is 8.96 Å². The van der Waals surface area contributed by atoms with Gasteiger partial charge < -0.3 is 32.0 Å². The number of carbonyl (C=O) groups excluding carboxylic acids is 2. The molecule has 0 unspecified atom stereocenters. The highest BCUT2D eigenvalue weighted by molar-refractivity contribution is 6.59. The molecule has 5 rings (SSSR count). The molecule has 0 bridgehead atoms. The molecule has 3 heterocycles. The van der Waals surface area contributed by atoms with Crippen molar-refractivity contribution in [2.45, 2.75) is 60.5 Å². The number of allylic oxidation sites excluding steroid dienone is 2. The van der Waals surface area contributed by atoms with E-state index < -0.39 is 18.9 Å². The Bertz CT molecular complexity index is 1780. The highest BCUT2D eigenvalue weighted by Crippen LogP contribution is 2.46. The summed E-state index contributed by atoms with van der Waals surface area (Å²) in [5, 5.41) is 0. The molecule has 0 amide bonds. The number of hydrogen-bond acceptors (Lipinski definition) is 5. The molecule has 2 aliphatic rings. The first-order chi connectivity index (χ1) is 21.9. The van der Waals surface area contributed by atoms with Crippen molar-refractivity contribution in [3.63, 3.8) is 0 Å². The first-order valence-electron chi connectivity index (χ1n) is 15.8. The molecule has 0 saturated carbocycles. The van der Waals surface area contributed by atoms with E-state index in [0.29, 0.717) is 22.3 Å². The first-order valence-corrected chi connectivity index (χ1v) is 15.8. The zero-order chi connectivity index (χ0) is 33.3. The second-order valence-electron chi connectivity index (χ2n) is 11.8. The summed E-state index contributed by atoms with van der Waals surface area (Å²) in [5.74, 6) is -1.37. The minimum Gasteiger partial charge on any atom is -0.462 e. The number of ether oxygens (including phenoxy) is 2. The SMILES string of the molecule is CCOC(=O)C1=C(c2ccccc2)C2=Cc3c(-c4ccccc4)c(C(=O)OCC)c(C)n3[B-](F)(F)[N+]2=C1/C=C/N(C(C)C)C(C)C. The van der Waals surface area contributed by atoms with Gasteiger partial charge in [-0.1, -0.05) is 60.7 Å². The van der Waals surface area contributed by atoms with Crippen molar-refractivity contribution in [1.82, 2.24) is 9.38 Å². The lowest BCUT2D eigenvalue weighted by molar-refractivity contribution is -0.358. The largest absolute Gasteiger partial charge is 0.737 e. The van der Waals surface area contributed by atoms with Gasteiger partial charge in [0.2, 0.25) is 0 Å². The maximum absolute atomic E-state index is 17.5. The third-order valence-corrected chi connectivity index (χ3v) is 8.35. The Morgan fingerprint density at radius 1 is 0.891 bits per heavy atom. The van der Waals surface area contributed by atoms with E-state index >= 15 is 8.63 Å². The van der Waals surface area contributed by atoms with E-state index in [1.54, 1.807) is 80.7 Å². The zero-order valence-corrected chi connectivity index (χ0v) is 27.4. The highest BCUT2D eigenvalue weighted by atomic mass is 19.2. The molecule has 10 heteroatoms. The fourth-order valence-corrected chi connectivity index (χ4v) is 6.54. The van der Waals surface area contributed by atoms with Crippen LogP contribution >= 0.6 is 0 Å². The predicted octanol–water partition coefficient (Wildman–Crippen LogP) is 7.33. The quantitative estimate of drug-likeness (QED) is 0.174. The van der Waals surface area contributed by atoms with E-state index in [9.17, 15) is 9.59 Å². The second-order valence-corrected chi connectivity index (χ2v) is 11.8. The number of carbonyl (C=O) groups is 2. The summed E-state index contributed by atoms with van der Waals surface area (Å²) in [5.41, 5.74) is 2.43. The van der Waals surface area contributed by atoms with Gasteiger partial charge in [0.05, 0.1) is 24.4 Å². The Labute approximate surface area is 269 Å². The molecule has 3 aromatic rings. The van der Waals surface area contributed by atoms with Gasteiger partial charge in [-0.05, 0) is 65.3 Å². The Kier molecular flexibility index (Phi) is 9.19. The van der Waals surface area contributed by atoms with Gasteiger partial charge in [-0.3, -0.25) is 0 Å². The Hall–Kier alpha value is -4.73. The topological polar surface area (TPSA) is 63.8 Å². The normalized spacial score (nSPS) is 15.4. The maximum atomic E-state index is 17.5. The van der Waals surface area contributed by atoms with Crippen molar-refractivity contribution in [3.05, 3.63) is 107 Å². The van der Waals surface area contributed by atoms with Crippen molar-refractivity contribution in [2.75, 3.05) is 13.2 Å². The molecule has 0 aliphatic carbocycles. The summed E-state index contributed by atoms with van der Waals surface area (Å²) >= 11 is 0. The molecule has 240 valence electrons. The number of benzene rings is 2. The summed E-state index contributed by atoms with van der Waals surface area (Å²) in [4.78, 5) is 29.2. The number of fused-ring (bicyclic) bond motifs is 2. The van der Waals surface area contributed by atoms with E-state index in [4.69, 9.17) is 9.47 Å². The lowest BCUT2D eigenvalue weighted by atomic mass is 9.87. The molecule has 0 spiro atoms. The van der Waals surface area contributed by atoms with Crippen LogP contribution in [0.1, 0.15) is 68.9 Å². The molecule has 7 nitrogen and oxygen atoms in total. The minimum absolute atomic E-state index is 0.0255. The lowest BCUT2D eigenvalue weighted by Crippen LogP contribution is -2.51. The van der Waals surface area contributed by atoms with Crippen LogP contribution in [0, 0.1) is 6.92 Å². The summed E-state index contributed by atoms with van der Waals surface area (Å²) in [6.45, 7) is 8.47. The fourth-order valence-electron chi connectivity index (χ4n) is 6.54. The molecule has 0 saturated heterocycles. The summed E-state index contributed by atoms with van der Waals surface area (Å²) in [6, 6.07) is 18.2. The Morgan fingerprint density at radius 2 is 1.43 bits per heavy atom. The smallest absolute Gasteiger partial charge is 0.462 e. The van der Waals surface area contributed by atoms with Crippen molar-refractivity contribution in [2.24, 2.45) is 0 Å². The standard InChI is InChI=1S/C36H40BF2N3O4/c1-8-45-35(43)31-25(7)41-29(32(31)26-16-12-10-13-17-26)22-30-33(27-18-14-11-15-19-27)34(36(44)46-9-2)28(42(30)37(41,38)39)20-21-40(23(3)4)24(5)6/h10-24H,8-9H2,1-7H3/b21-20+. The average Bonchev–Trinajstić information content (AvgIpc) is 3.51. The number of esters is 2. The van der Waals surface area contributed by atoms with Crippen molar-refractivity contribution >= 4 is 36.3 Å². The van der Waals surface area contributed by atoms with Crippen LogP contribution in [0.3, 0.4) is 0 Å². The summed E-state index contributed by atoms with van der Waals surface area (Å²) in [7, 11) is 0. The summed E-state index contributed by atoms with van der Waals surface area (Å²) in [6.07, 6.45) is 5.00. The van der Waals surface area contributed by atoms with Crippen LogP contribution in [0.15, 0.2) is 84.2 Å². The van der Waals surface area contributed by atoms with Gasteiger partial charge in [-0.15, -0.1) is 0 Å². The van der Waals surface area contributed by atoms with Gasteiger partial charge in [-0.25, -0.2) is 9.59 Å². The second kappa shape index (κ2) is 12.9. The number of halogens is 2. The molecular weight excluding hydrogens is 587 g/mol. The number of nitrogens with zero attached hydrogens (tertiary/aromatic N) is 3. The van der Waals surface area contributed by atoms with Crippen molar-refractivity contribution in [3.8, 4) is 11.1 Å². The maximum Gasteiger partial charge on any atom is 0.737 e. The van der Waals surface area contributed by atoms with Crippen LogP contribution in [0.25, 0.3) is 22.8 Å². The third-order valence-electron chi connectivity index (χ3n) is 8.35. The molecule has 1 aromatic heterocycles. The molecule has 0 radical (unpaired) electrons. The zero-order valence-electron chi connectivity index (χ0n) is 27.4. The van der Waals surface area contributed by atoms with Crippen LogP contribution in [0.5, 0.6) is 0 Å². The lowest BCUT2D eigenvalue weighted by Gasteiger charge is -2.31. The van der Waals surface area contributed by atoms with Gasteiger partial charge in [0, 0.05) is 41.7 Å². The van der Waals surface area contributed by atoms with Crippen molar-refractivity contribution in [1.29, 1.82) is 0 Å². The van der Waals surface area contributed by atoms with Crippen LogP contribution in [0.2, 0.25) is 0 Å². The third kappa shape index (κ3) is 5.50. The van der Waals surface area contributed by atoms with Gasteiger partial charge >= 0.3 is 18.9 Å². The molecule has 0 atom stereocenters. The van der Waals surface area contributed by atoms with Gasteiger partial charge in [0.15, 0.2) is 11.4 Å². The van der Waals surface area contributed by atoms with Crippen LogP contribution < -0.4 is 0 Å². The van der Waals surface area contributed by atoms with Crippen molar-refractivity contribution < 1.29 is 32.2 Å². The van der Waals surface area contributed by atoms with Gasteiger partial charge in [0.25, 0.3) is 0 Å². The fraction of sp³-hybridized carbons (Fsp3) is 0.306. The molecule has 2 aromatic carbocycles. The molecule has 2 aliphatic heterocycles. The number of aromatic nitrogens is 1. The van der Waals surface area contributed by atoms with E-state index in [-0.39, 0.29) is 59.2 Å². The predicted molar refractivity (Wildman–Crippen MR) is 178 cm³/mol. The number of hydrogen-bond donors (Lipinski definition) is 0. The number of rotatable bonds is 10. The Balaban J connectivity index is 1.93. The van der Waals surface area contributed by atoms with Crippen LogP contribution in [-0.2, 0) is 14.3 Å². The minimum atomic E-state index is -4.65. The van der Waals surface area contributed by atoms with Crippen LogP contribution in [0.4, 0.5) is 8.63 Å². The van der Waals surface area contributed by atoms with Crippen LogP contribution in [-0.4, -0.2) is 63.8 Å². The highest BCUT2D eigenvalue weighted by Gasteiger charge is 2.57. The average molecular weight is 628 g/mol.